The summed E-state index contributed by atoms with van der Waals surface area (Å²) >= 11 is 1.70. The van der Waals surface area contributed by atoms with E-state index in [4.69, 9.17) is 4.99 Å². The minimum Gasteiger partial charge on any atom is -0.326 e. The molecule has 2 heterocycles. The molecule has 0 radical (unpaired) electrons. The minimum atomic E-state index is -0.101. The first-order chi connectivity index (χ1) is 11.7. The largest absolute Gasteiger partial charge is 0.326 e. The van der Waals surface area contributed by atoms with Crippen LogP contribution in [0.4, 0.5) is 0 Å². The number of nitrogens with zero attached hydrogens (tertiary/aromatic N) is 3. The monoisotopic (exact) mass is 340 g/mol. The van der Waals surface area contributed by atoms with Crippen LogP contribution in [-0.2, 0) is 7.05 Å². The molecule has 0 unspecified atom stereocenters. The second-order valence-corrected chi connectivity index (χ2v) is 7.38. The highest BCUT2D eigenvalue weighted by molar-refractivity contribution is 7.12. The number of aryl methyl sites for hydroxylation is 1. The zero-order valence-electron chi connectivity index (χ0n) is 13.7. The molecule has 24 heavy (non-hydrogen) atoms. The van der Waals surface area contributed by atoms with E-state index in [0.717, 1.165) is 20.8 Å². The fourth-order valence-corrected chi connectivity index (χ4v) is 4.32. The topological polar surface area (TPSA) is 63.0 Å². The second-order valence-electron chi connectivity index (χ2n) is 6.37. The van der Waals surface area contributed by atoms with Crippen LogP contribution in [-0.4, -0.2) is 20.6 Å². The van der Waals surface area contributed by atoms with Gasteiger partial charge in [-0.2, -0.15) is 0 Å². The maximum atomic E-state index is 11.8. The molecule has 1 N–H and O–H groups in total. The molecule has 5 nitrogen and oxygen atoms in total. The number of aromatic amines is 1. The zero-order valence-corrected chi connectivity index (χ0v) is 14.5. The Kier molecular flexibility index (Phi) is 4.06. The van der Waals surface area contributed by atoms with Gasteiger partial charge in [0.2, 0.25) is 0 Å². The number of hydrogen-bond donors (Lipinski definition) is 1. The van der Waals surface area contributed by atoms with Gasteiger partial charge in [-0.3, -0.25) is 9.79 Å². The summed E-state index contributed by atoms with van der Waals surface area (Å²) in [5, 5.41) is 0.620. The molecule has 1 aromatic carbocycles. The van der Waals surface area contributed by atoms with E-state index in [2.05, 4.69) is 20.7 Å². The number of H-pyrrole nitrogens is 1. The van der Waals surface area contributed by atoms with Crippen LogP contribution in [0.25, 0.3) is 21.3 Å². The Labute approximate surface area is 143 Å². The van der Waals surface area contributed by atoms with Crippen LogP contribution in [0, 0.1) is 0 Å². The van der Waals surface area contributed by atoms with Gasteiger partial charge in [0.1, 0.15) is 0 Å². The second kappa shape index (κ2) is 6.36. The highest BCUT2D eigenvalue weighted by Crippen LogP contribution is 2.25. The molecule has 0 atom stereocenters. The molecule has 1 aliphatic carbocycles. The molecule has 0 saturated heterocycles. The summed E-state index contributed by atoms with van der Waals surface area (Å²) in [5.41, 5.74) is 1.70. The van der Waals surface area contributed by atoms with E-state index in [9.17, 15) is 4.79 Å². The maximum absolute atomic E-state index is 11.8. The Bertz CT molecular complexity index is 992. The van der Waals surface area contributed by atoms with Gasteiger partial charge in [0, 0.05) is 13.2 Å². The minimum absolute atomic E-state index is 0.101. The lowest BCUT2D eigenvalue weighted by Gasteiger charge is -2.16. The van der Waals surface area contributed by atoms with Gasteiger partial charge in [0.15, 0.2) is 4.80 Å². The number of aromatic nitrogens is 3. The SMILES string of the molecule is Cn1cc(-c2ccc3c(=O)[nH]cnc3c2)s/c1=N\C1CCCCC1. The third-order valence-electron chi connectivity index (χ3n) is 4.61. The number of benzene rings is 1. The molecule has 0 amide bonds. The van der Waals surface area contributed by atoms with Crippen molar-refractivity contribution in [1.82, 2.24) is 14.5 Å². The lowest BCUT2D eigenvalue weighted by Crippen LogP contribution is -2.17. The predicted octanol–water partition coefficient (Wildman–Crippen LogP) is 3.22. The standard InChI is InChI=1S/C18H20N4OS/c1-22-10-16(24-18(22)21-13-5-3-2-4-6-13)12-7-8-14-15(9-12)19-11-20-17(14)23/h7-11,13H,2-6H2,1H3,(H,19,20,23)/b21-18-. The van der Waals surface area contributed by atoms with E-state index in [1.165, 1.54) is 38.4 Å². The summed E-state index contributed by atoms with van der Waals surface area (Å²) in [4.78, 5) is 25.8. The van der Waals surface area contributed by atoms with Crippen LogP contribution < -0.4 is 10.4 Å². The summed E-state index contributed by atoms with van der Waals surface area (Å²) in [6.45, 7) is 0. The first kappa shape index (κ1) is 15.3. The van der Waals surface area contributed by atoms with Crippen LogP contribution in [0.1, 0.15) is 32.1 Å². The van der Waals surface area contributed by atoms with Crippen molar-refractivity contribution in [3.63, 3.8) is 0 Å². The van der Waals surface area contributed by atoms with Gasteiger partial charge in [0.05, 0.1) is 28.1 Å². The van der Waals surface area contributed by atoms with Crippen molar-refractivity contribution < 1.29 is 0 Å². The highest BCUT2D eigenvalue weighted by atomic mass is 32.1. The van der Waals surface area contributed by atoms with Crippen molar-refractivity contribution >= 4 is 22.2 Å². The highest BCUT2D eigenvalue weighted by Gasteiger charge is 2.13. The Hall–Kier alpha value is -2.21. The van der Waals surface area contributed by atoms with Crippen LogP contribution in [0.3, 0.4) is 0 Å². The summed E-state index contributed by atoms with van der Waals surface area (Å²) < 4.78 is 2.10. The van der Waals surface area contributed by atoms with E-state index < -0.39 is 0 Å². The molecule has 6 heteroatoms. The molecule has 0 bridgehead atoms. The first-order valence-electron chi connectivity index (χ1n) is 8.39. The Balaban J connectivity index is 1.73. The van der Waals surface area contributed by atoms with Gasteiger partial charge in [-0.25, -0.2) is 4.98 Å². The van der Waals surface area contributed by atoms with Crippen molar-refractivity contribution in [3.8, 4) is 10.4 Å². The third-order valence-corrected chi connectivity index (χ3v) is 5.74. The van der Waals surface area contributed by atoms with E-state index in [-0.39, 0.29) is 5.56 Å². The smallest absolute Gasteiger partial charge is 0.258 e. The molecule has 2 aromatic heterocycles. The van der Waals surface area contributed by atoms with E-state index in [1.807, 2.05) is 25.2 Å². The van der Waals surface area contributed by atoms with Gasteiger partial charge in [-0.05, 0) is 30.5 Å². The van der Waals surface area contributed by atoms with E-state index in [1.54, 1.807) is 11.3 Å². The number of thiazole rings is 1. The zero-order chi connectivity index (χ0) is 16.5. The Morgan fingerprint density at radius 1 is 1.29 bits per heavy atom. The van der Waals surface area contributed by atoms with Crippen molar-refractivity contribution in [3.05, 3.63) is 45.9 Å². The third kappa shape index (κ3) is 2.94. The summed E-state index contributed by atoms with van der Waals surface area (Å²) in [5.74, 6) is 0. The van der Waals surface area contributed by atoms with E-state index in [0.29, 0.717) is 11.4 Å². The van der Waals surface area contributed by atoms with Crippen LogP contribution in [0.15, 0.2) is 40.5 Å². The molecule has 3 aromatic rings. The first-order valence-corrected chi connectivity index (χ1v) is 9.20. The van der Waals surface area contributed by atoms with Crippen molar-refractivity contribution in [2.75, 3.05) is 0 Å². The molecule has 1 fully saturated rings. The lowest BCUT2D eigenvalue weighted by molar-refractivity contribution is 0.435. The molecule has 4 rings (SSSR count). The molecule has 1 aliphatic rings. The normalized spacial score (nSPS) is 16.8. The average Bonchev–Trinajstić information content (AvgIpc) is 2.96. The predicted molar refractivity (Wildman–Crippen MR) is 97.1 cm³/mol. The quantitative estimate of drug-likeness (QED) is 0.778. The van der Waals surface area contributed by atoms with Gasteiger partial charge in [0.25, 0.3) is 5.56 Å². The molecule has 0 spiro atoms. The van der Waals surface area contributed by atoms with E-state index >= 15 is 0 Å². The molecular formula is C18H20N4OS. The molecular weight excluding hydrogens is 320 g/mol. The summed E-state index contributed by atoms with van der Waals surface area (Å²) in [6.07, 6.45) is 9.90. The molecule has 1 saturated carbocycles. The molecule has 124 valence electrons. The fourth-order valence-electron chi connectivity index (χ4n) is 3.27. The average molecular weight is 340 g/mol. The van der Waals surface area contributed by atoms with Crippen molar-refractivity contribution in [2.45, 2.75) is 38.1 Å². The van der Waals surface area contributed by atoms with Crippen LogP contribution in [0.5, 0.6) is 0 Å². The number of nitrogens with one attached hydrogen (secondary N) is 1. The van der Waals surface area contributed by atoms with Gasteiger partial charge >= 0.3 is 0 Å². The Morgan fingerprint density at radius 2 is 2.12 bits per heavy atom. The van der Waals surface area contributed by atoms with Crippen LogP contribution >= 0.6 is 11.3 Å². The fraction of sp³-hybridized carbons (Fsp3) is 0.389. The Morgan fingerprint density at radius 3 is 2.96 bits per heavy atom. The lowest BCUT2D eigenvalue weighted by atomic mass is 9.96. The number of hydrogen-bond acceptors (Lipinski definition) is 4. The van der Waals surface area contributed by atoms with Gasteiger partial charge < -0.3 is 9.55 Å². The number of rotatable bonds is 2. The van der Waals surface area contributed by atoms with Crippen molar-refractivity contribution in [1.29, 1.82) is 0 Å². The number of fused-ring (bicyclic) bond motifs is 1. The van der Waals surface area contributed by atoms with Gasteiger partial charge in [-0.15, -0.1) is 0 Å². The summed E-state index contributed by atoms with van der Waals surface area (Å²) in [7, 11) is 2.05. The maximum Gasteiger partial charge on any atom is 0.258 e. The summed E-state index contributed by atoms with van der Waals surface area (Å²) in [6, 6.07) is 6.26. The van der Waals surface area contributed by atoms with Crippen molar-refractivity contribution in [2.24, 2.45) is 12.0 Å². The van der Waals surface area contributed by atoms with Crippen LogP contribution in [0.2, 0.25) is 0 Å². The van der Waals surface area contributed by atoms with Gasteiger partial charge in [-0.1, -0.05) is 36.7 Å². The molecule has 0 aliphatic heterocycles.